The third kappa shape index (κ3) is 3.22. The Morgan fingerprint density at radius 1 is 1.18 bits per heavy atom. The number of carbonyl (C=O) groups excluding carboxylic acids is 2. The number of amides is 3. The van der Waals surface area contributed by atoms with Gasteiger partial charge in [-0.1, -0.05) is 29.8 Å². The monoisotopic (exact) mass is 446 g/mol. The number of aromatic amines is 1. The smallest absolute Gasteiger partial charge is 0.328 e. The fourth-order valence-electron chi connectivity index (χ4n) is 5.30. The molecule has 1 unspecified atom stereocenters. The standard InChI is InChI=1S/C26H30N4O3/c1-16-7-6-8-17(13-16)23-22-20(19-14-18(33-5)9-10-21(19)27-22)15-26(2)24(31)29(12-11-28(3)4)25(32)30(23)26/h6-10,13-14,23,27H,11-12,15H2,1-5H3/t23?,26-/m0/s1. The molecule has 1 N–H and O–H groups in total. The van der Waals surface area contributed by atoms with Crippen LogP contribution in [0, 0.1) is 6.92 Å². The van der Waals surface area contributed by atoms with Crippen LogP contribution in [0.25, 0.3) is 10.9 Å². The molecule has 3 amide bonds. The number of fused-ring (bicyclic) bond motifs is 4. The van der Waals surface area contributed by atoms with Crippen molar-refractivity contribution in [3.63, 3.8) is 0 Å². The maximum Gasteiger partial charge on any atom is 0.328 e. The third-order valence-electron chi connectivity index (χ3n) is 7.00. The SMILES string of the molecule is COc1ccc2[nH]c3c(c2c1)C[C@@]1(C)C(=O)N(CCN(C)C)C(=O)N1C3c1cccc(C)c1. The Morgan fingerprint density at radius 3 is 2.67 bits per heavy atom. The Hall–Kier alpha value is -3.32. The zero-order valence-electron chi connectivity index (χ0n) is 19.8. The molecule has 0 aliphatic carbocycles. The Balaban J connectivity index is 1.72. The van der Waals surface area contributed by atoms with E-state index in [0.717, 1.165) is 39.0 Å². The molecule has 0 bridgehead atoms. The zero-order valence-corrected chi connectivity index (χ0v) is 19.8. The van der Waals surface area contributed by atoms with Gasteiger partial charge in [-0.05, 0) is 57.3 Å². The largest absolute Gasteiger partial charge is 0.497 e. The number of hydrogen-bond donors (Lipinski definition) is 1. The Labute approximate surface area is 193 Å². The summed E-state index contributed by atoms with van der Waals surface area (Å²) in [5.41, 5.74) is 4.18. The topological polar surface area (TPSA) is 68.9 Å². The van der Waals surface area contributed by atoms with E-state index < -0.39 is 5.54 Å². The summed E-state index contributed by atoms with van der Waals surface area (Å²) in [6.07, 6.45) is 0.459. The van der Waals surface area contributed by atoms with Crippen molar-refractivity contribution in [3.05, 3.63) is 64.8 Å². The van der Waals surface area contributed by atoms with Gasteiger partial charge in [0, 0.05) is 36.1 Å². The number of rotatable bonds is 5. The van der Waals surface area contributed by atoms with Gasteiger partial charge in [0.1, 0.15) is 17.3 Å². The minimum atomic E-state index is -0.955. The predicted molar refractivity (Wildman–Crippen MR) is 127 cm³/mol. The summed E-state index contributed by atoms with van der Waals surface area (Å²) in [6.45, 7) is 4.96. The number of likely N-dealkylation sites (N-methyl/N-ethyl adjacent to an activating group) is 1. The van der Waals surface area contributed by atoms with E-state index in [0.29, 0.717) is 19.5 Å². The summed E-state index contributed by atoms with van der Waals surface area (Å²) in [6, 6.07) is 13.5. The van der Waals surface area contributed by atoms with Crippen molar-refractivity contribution in [2.75, 3.05) is 34.3 Å². The second-order valence-corrected chi connectivity index (χ2v) is 9.61. The highest BCUT2D eigenvalue weighted by Crippen LogP contribution is 2.49. The molecule has 0 spiro atoms. The highest BCUT2D eigenvalue weighted by Gasteiger charge is 2.60. The van der Waals surface area contributed by atoms with Gasteiger partial charge < -0.3 is 14.6 Å². The molecule has 0 radical (unpaired) electrons. The van der Waals surface area contributed by atoms with Gasteiger partial charge in [0.15, 0.2) is 0 Å². The quantitative estimate of drug-likeness (QED) is 0.607. The molecule has 2 atom stereocenters. The van der Waals surface area contributed by atoms with Crippen molar-refractivity contribution in [2.24, 2.45) is 0 Å². The predicted octanol–water partition coefficient (Wildman–Crippen LogP) is 3.71. The first-order chi connectivity index (χ1) is 15.7. The summed E-state index contributed by atoms with van der Waals surface area (Å²) in [5, 5.41) is 1.04. The first-order valence-electron chi connectivity index (χ1n) is 11.3. The molecule has 2 aromatic carbocycles. The van der Waals surface area contributed by atoms with E-state index in [1.54, 1.807) is 12.0 Å². The molecule has 3 heterocycles. The second kappa shape index (κ2) is 7.63. The van der Waals surface area contributed by atoms with Crippen molar-refractivity contribution < 1.29 is 14.3 Å². The summed E-state index contributed by atoms with van der Waals surface area (Å²) in [5.74, 6) is 0.639. The van der Waals surface area contributed by atoms with Crippen LogP contribution in [0.5, 0.6) is 5.75 Å². The van der Waals surface area contributed by atoms with Crippen LogP contribution in [0.2, 0.25) is 0 Å². The van der Waals surface area contributed by atoms with Crippen LogP contribution >= 0.6 is 0 Å². The number of urea groups is 1. The van der Waals surface area contributed by atoms with Gasteiger partial charge in [0.05, 0.1) is 7.11 Å². The van der Waals surface area contributed by atoms with E-state index in [1.165, 1.54) is 4.90 Å². The van der Waals surface area contributed by atoms with Gasteiger partial charge in [-0.2, -0.15) is 0 Å². The Bertz CT molecular complexity index is 1260. The van der Waals surface area contributed by atoms with Crippen LogP contribution < -0.4 is 4.74 Å². The lowest BCUT2D eigenvalue weighted by Crippen LogP contribution is -2.53. The number of hydrogen-bond acceptors (Lipinski definition) is 4. The molecule has 2 aliphatic rings. The number of benzene rings is 2. The number of nitrogens with one attached hydrogen (secondary N) is 1. The highest BCUT2D eigenvalue weighted by atomic mass is 16.5. The number of aromatic nitrogens is 1. The molecule has 3 aromatic rings. The van der Waals surface area contributed by atoms with Crippen LogP contribution in [0.4, 0.5) is 4.79 Å². The minimum Gasteiger partial charge on any atom is -0.497 e. The van der Waals surface area contributed by atoms with Gasteiger partial charge >= 0.3 is 6.03 Å². The molecular weight excluding hydrogens is 416 g/mol. The number of nitrogens with zero attached hydrogens (tertiary/aromatic N) is 3. The molecule has 1 aromatic heterocycles. The molecule has 1 fully saturated rings. The normalized spacial score (nSPS) is 22.3. The number of methoxy groups -OCH3 is 1. The van der Waals surface area contributed by atoms with E-state index in [4.69, 9.17) is 4.74 Å². The van der Waals surface area contributed by atoms with E-state index >= 15 is 0 Å². The van der Waals surface area contributed by atoms with E-state index in [9.17, 15) is 9.59 Å². The fraction of sp³-hybridized carbons (Fsp3) is 0.385. The van der Waals surface area contributed by atoms with Crippen LogP contribution in [-0.2, 0) is 11.2 Å². The van der Waals surface area contributed by atoms with Crippen molar-refractivity contribution >= 4 is 22.8 Å². The highest BCUT2D eigenvalue weighted by molar-refractivity contribution is 6.08. The molecule has 0 saturated carbocycles. The lowest BCUT2D eigenvalue weighted by Gasteiger charge is -2.42. The lowest BCUT2D eigenvalue weighted by atomic mass is 9.81. The van der Waals surface area contributed by atoms with Gasteiger partial charge in [-0.25, -0.2) is 4.79 Å². The molecule has 7 nitrogen and oxygen atoms in total. The summed E-state index contributed by atoms with van der Waals surface area (Å²) < 4.78 is 5.47. The van der Waals surface area contributed by atoms with Gasteiger partial charge in [-0.15, -0.1) is 0 Å². The summed E-state index contributed by atoms with van der Waals surface area (Å²) >= 11 is 0. The number of H-pyrrole nitrogens is 1. The van der Waals surface area contributed by atoms with Crippen molar-refractivity contribution in [1.29, 1.82) is 0 Å². The molecule has 2 aliphatic heterocycles. The zero-order chi connectivity index (χ0) is 23.5. The maximum atomic E-state index is 13.7. The van der Waals surface area contributed by atoms with Gasteiger partial charge in [-0.3, -0.25) is 14.6 Å². The second-order valence-electron chi connectivity index (χ2n) is 9.61. The van der Waals surface area contributed by atoms with Gasteiger partial charge in [0.25, 0.3) is 5.91 Å². The summed E-state index contributed by atoms with van der Waals surface area (Å²) in [7, 11) is 5.54. The van der Waals surface area contributed by atoms with E-state index in [1.807, 2.05) is 69.2 Å². The van der Waals surface area contributed by atoms with Crippen molar-refractivity contribution in [2.45, 2.75) is 31.8 Å². The van der Waals surface area contributed by atoms with E-state index in [-0.39, 0.29) is 18.0 Å². The number of aryl methyl sites for hydroxylation is 1. The third-order valence-corrected chi connectivity index (χ3v) is 7.00. The molecular formula is C26H30N4O3. The average molecular weight is 447 g/mol. The molecule has 172 valence electrons. The van der Waals surface area contributed by atoms with E-state index in [2.05, 4.69) is 11.1 Å². The van der Waals surface area contributed by atoms with Crippen molar-refractivity contribution in [1.82, 2.24) is 19.7 Å². The summed E-state index contributed by atoms with van der Waals surface area (Å²) in [4.78, 5) is 36.3. The van der Waals surface area contributed by atoms with Crippen LogP contribution in [0.3, 0.4) is 0 Å². The fourth-order valence-corrected chi connectivity index (χ4v) is 5.30. The number of carbonyl (C=O) groups is 2. The Morgan fingerprint density at radius 2 is 1.97 bits per heavy atom. The first kappa shape index (κ1) is 21.5. The Kier molecular flexibility index (Phi) is 4.97. The lowest BCUT2D eigenvalue weighted by molar-refractivity contribution is -0.133. The molecule has 7 heteroatoms. The van der Waals surface area contributed by atoms with Crippen LogP contribution in [0.15, 0.2) is 42.5 Å². The van der Waals surface area contributed by atoms with Crippen LogP contribution in [0.1, 0.15) is 35.3 Å². The first-order valence-corrected chi connectivity index (χ1v) is 11.3. The maximum absolute atomic E-state index is 13.7. The number of ether oxygens (including phenoxy) is 1. The molecule has 5 rings (SSSR count). The molecule has 33 heavy (non-hydrogen) atoms. The number of imide groups is 1. The molecule has 1 saturated heterocycles. The van der Waals surface area contributed by atoms with Gasteiger partial charge in [0.2, 0.25) is 0 Å². The average Bonchev–Trinajstić information content (AvgIpc) is 3.22. The van der Waals surface area contributed by atoms with Crippen LogP contribution in [-0.4, -0.2) is 71.5 Å². The van der Waals surface area contributed by atoms with Crippen molar-refractivity contribution in [3.8, 4) is 5.75 Å². The minimum absolute atomic E-state index is 0.130.